The first-order valence-electron chi connectivity index (χ1n) is 6.63. The molecule has 0 radical (unpaired) electrons. The summed E-state index contributed by atoms with van der Waals surface area (Å²) in [6.45, 7) is 2.04. The number of Topliss-reactive ketones (excluding diaryl/α,β-unsaturated/α-hetero) is 1. The Morgan fingerprint density at radius 3 is 2.60 bits per heavy atom. The van der Waals surface area contributed by atoms with E-state index >= 15 is 0 Å². The molecule has 1 heterocycles. The van der Waals surface area contributed by atoms with Gasteiger partial charge >= 0.3 is 0 Å². The summed E-state index contributed by atoms with van der Waals surface area (Å²) in [6.07, 6.45) is 0.913. The SMILES string of the molecule is Cc1ccccc1CC(=O)Cc1nc2ccccc2s1. The number of rotatable bonds is 4. The van der Waals surface area contributed by atoms with Crippen molar-refractivity contribution >= 4 is 27.3 Å². The van der Waals surface area contributed by atoms with Crippen LogP contribution in [0.5, 0.6) is 0 Å². The summed E-state index contributed by atoms with van der Waals surface area (Å²) in [5, 5.41) is 0.907. The molecule has 0 aliphatic carbocycles. The Morgan fingerprint density at radius 1 is 1.05 bits per heavy atom. The van der Waals surface area contributed by atoms with Gasteiger partial charge in [-0.15, -0.1) is 11.3 Å². The molecular formula is C17H15NOS. The molecule has 0 bridgehead atoms. The van der Waals surface area contributed by atoms with Crippen molar-refractivity contribution in [2.45, 2.75) is 19.8 Å². The van der Waals surface area contributed by atoms with Crippen molar-refractivity contribution in [2.24, 2.45) is 0 Å². The van der Waals surface area contributed by atoms with Gasteiger partial charge < -0.3 is 0 Å². The van der Waals surface area contributed by atoms with Gasteiger partial charge in [-0.05, 0) is 30.2 Å². The standard InChI is InChI=1S/C17H15NOS/c1-12-6-2-3-7-13(12)10-14(19)11-17-18-15-8-4-5-9-16(15)20-17/h2-9H,10-11H2,1H3. The van der Waals surface area contributed by atoms with Crippen LogP contribution in [0.25, 0.3) is 10.2 Å². The molecule has 0 fully saturated rings. The normalized spacial score (nSPS) is 10.8. The van der Waals surface area contributed by atoms with Crippen LogP contribution in [0.4, 0.5) is 0 Å². The Bertz CT molecular complexity index is 727. The Labute approximate surface area is 122 Å². The molecule has 0 saturated carbocycles. The maximum Gasteiger partial charge on any atom is 0.144 e. The molecule has 0 atom stereocenters. The van der Waals surface area contributed by atoms with Crippen LogP contribution >= 0.6 is 11.3 Å². The third-order valence-electron chi connectivity index (χ3n) is 3.34. The molecular weight excluding hydrogens is 266 g/mol. The van der Waals surface area contributed by atoms with Gasteiger partial charge in [0.15, 0.2) is 0 Å². The van der Waals surface area contributed by atoms with E-state index in [4.69, 9.17) is 0 Å². The van der Waals surface area contributed by atoms with Gasteiger partial charge in [0.2, 0.25) is 0 Å². The van der Waals surface area contributed by atoms with Crippen molar-refractivity contribution < 1.29 is 4.79 Å². The summed E-state index contributed by atoms with van der Waals surface area (Å²) >= 11 is 1.61. The molecule has 100 valence electrons. The topological polar surface area (TPSA) is 30.0 Å². The van der Waals surface area contributed by atoms with E-state index < -0.39 is 0 Å². The number of carbonyl (C=O) groups excluding carboxylic acids is 1. The zero-order chi connectivity index (χ0) is 13.9. The van der Waals surface area contributed by atoms with Crippen molar-refractivity contribution in [1.29, 1.82) is 0 Å². The molecule has 1 aromatic heterocycles. The number of para-hydroxylation sites is 1. The lowest BCUT2D eigenvalue weighted by Gasteiger charge is -2.03. The number of aromatic nitrogens is 1. The van der Waals surface area contributed by atoms with Crippen LogP contribution in [-0.2, 0) is 17.6 Å². The minimum absolute atomic E-state index is 0.221. The smallest absolute Gasteiger partial charge is 0.144 e. The van der Waals surface area contributed by atoms with Crippen molar-refractivity contribution in [2.75, 3.05) is 0 Å². The Balaban J connectivity index is 1.74. The fourth-order valence-electron chi connectivity index (χ4n) is 2.25. The summed E-state index contributed by atoms with van der Waals surface area (Å²) < 4.78 is 1.14. The van der Waals surface area contributed by atoms with Gasteiger partial charge in [0.05, 0.1) is 16.6 Å². The molecule has 0 N–H and O–H groups in total. The van der Waals surface area contributed by atoms with E-state index in [1.165, 1.54) is 5.56 Å². The molecule has 3 rings (SSSR count). The molecule has 3 heteroatoms. The number of benzene rings is 2. The van der Waals surface area contributed by atoms with Crippen molar-refractivity contribution in [3.05, 3.63) is 64.7 Å². The van der Waals surface area contributed by atoms with Gasteiger partial charge in [-0.25, -0.2) is 4.98 Å². The maximum absolute atomic E-state index is 12.2. The Kier molecular flexibility index (Phi) is 3.61. The molecule has 0 unspecified atom stereocenters. The van der Waals surface area contributed by atoms with Crippen molar-refractivity contribution in [3.8, 4) is 0 Å². The summed E-state index contributed by atoms with van der Waals surface area (Å²) in [7, 11) is 0. The fourth-order valence-corrected chi connectivity index (χ4v) is 3.24. The second-order valence-electron chi connectivity index (χ2n) is 4.89. The average molecular weight is 281 g/mol. The lowest BCUT2D eigenvalue weighted by atomic mass is 10.0. The van der Waals surface area contributed by atoms with Gasteiger partial charge in [0.1, 0.15) is 10.8 Å². The summed E-state index contributed by atoms with van der Waals surface area (Å²) in [5.74, 6) is 0.221. The number of thiazole rings is 1. The maximum atomic E-state index is 12.2. The third kappa shape index (κ3) is 2.78. The van der Waals surface area contributed by atoms with E-state index in [0.29, 0.717) is 12.8 Å². The number of aryl methyl sites for hydroxylation is 1. The van der Waals surface area contributed by atoms with Crippen molar-refractivity contribution in [3.63, 3.8) is 0 Å². The number of carbonyl (C=O) groups is 1. The van der Waals surface area contributed by atoms with E-state index in [0.717, 1.165) is 20.8 Å². The zero-order valence-electron chi connectivity index (χ0n) is 11.3. The number of ketones is 1. The van der Waals surface area contributed by atoms with E-state index in [-0.39, 0.29) is 5.78 Å². The van der Waals surface area contributed by atoms with Crippen LogP contribution in [0.3, 0.4) is 0 Å². The highest BCUT2D eigenvalue weighted by atomic mass is 32.1. The Morgan fingerprint density at radius 2 is 1.80 bits per heavy atom. The molecule has 20 heavy (non-hydrogen) atoms. The third-order valence-corrected chi connectivity index (χ3v) is 4.37. The molecule has 3 aromatic rings. The molecule has 0 aliphatic rings. The van der Waals surface area contributed by atoms with Crippen LogP contribution in [0, 0.1) is 6.92 Å². The van der Waals surface area contributed by atoms with E-state index in [1.807, 2.05) is 55.5 Å². The number of hydrogen-bond donors (Lipinski definition) is 0. The fraction of sp³-hybridized carbons (Fsp3) is 0.176. The lowest BCUT2D eigenvalue weighted by Crippen LogP contribution is -2.07. The minimum atomic E-state index is 0.221. The summed E-state index contributed by atoms with van der Waals surface area (Å²) in [4.78, 5) is 16.7. The summed E-state index contributed by atoms with van der Waals surface area (Å²) in [6, 6.07) is 16.0. The van der Waals surface area contributed by atoms with Crippen LogP contribution in [0.2, 0.25) is 0 Å². The molecule has 0 amide bonds. The highest BCUT2D eigenvalue weighted by Crippen LogP contribution is 2.22. The first-order valence-corrected chi connectivity index (χ1v) is 7.44. The number of nitrogens with zero attached hydrogens (tertiary/aromatic N) is 1. The molecule has 2 aromatic carbocycles. The highest BCUT2D eigenvalue weighted by Gasteiger charge is 2.10. The predicted octanol–water partition coefficient (Wildman–Crippen LogP) is 3.96. The van der Waals surface area contributed by atoms with Gasteiger partial charge in [-0.3, -0.25) is 4.79 Å². The van der Waals surface area contributed by atoms with E-state index in [2.05, 4.69) is 4.98 Å². The lowest BCUT2D eigenvalue weighted by molar-refractivity contribution is -0.117. The monoisotopic (exact) mass is 281 g/mol. The Hall–Kier alpha value is -2.00. The first kappa shape index (κ1) is 13.0. The zero-order valence-corrected chi connectivity index (χ0v) is 12.1. The number of hydrogen-bond acceptors (Lipinski definition) is 3. The molecule has 0 aliphatic heterocycles. The average Bonchev–Trinajstić information content (AvgIpc) is 2.83. The van der Waals surface area contributed by atoms with Crippen molar-refractivity contribution in [1.82, 2.24) is 4.98 Å². The summed E-state index contributed by atoms with van der Waals surface area (Å²) in [5.41, 5.74) is 3.26. The van der Waals surface area contributed by atoms with Gasteiger partial charge in [0, 0.05) is 6.42 Å². The molecule has 0 spiro atoms. The highest BCUT2D eigenvalue weighted by molar-refractivity contribution is 7.18. The quantitative estimate of drug-likeness (QED) is 0.724. The van der Waals surface area contributed by atoms with Crippen LogP contribution < -0.4 is 0 Å². The van der Waals surface area contributed by atoms with E-state index in [1.54, 1.807) is 11.3 Å². The van der Waals surface area contributed by atoms with Gasteiger partial charge in [0.25, 0.3) is 0 Å². The second-order valence-corrected chi connectivity index (χ2v) is 6.01. The van der Waals surface area contributed by atoms with Crippen LogP contribution in [-0.4, -0.2) is 10.8 Å². The van der Waals surface area contributed by atoms with Gasteiger partial charge in [-0.2, -0.15) is 0 Å². The molecule has 0 saturated heterocycles. The first-order chi connectivity index (χ1) is 9.72. The van der Waals surface area contributed by atoms with Crippen LogP contribution in [0.1, 0.15) is 16.1 Å². The van der Waals surface area contributed by atoms with Crippen LogP contribution in [0.15, 0.2) is 48.5 Å². The predicted molar refractivity (Wildman–Crippen MR) is 83.2 cm³/mol. The largest absolute Gasteiger partial charge is 0.299 e. The second kappa shape index (κ2) is 5.55. The van der Waals surface area contributed by atoms with E-state index in [9.17, 15) is 4.79 Å². The van der Waals surface area contributed by atoms with Gasteiger partial charge in [-0.1, -0.05) is 36.4 Å². The minimum Gasteiger partial charge on any atom is -0.299 e. The number of fused-ring (bicyclic) bond motifs is 1. The molecule has 2 nitrogen and oxygen atoms in total.